The molecule has 16 heavy (non-hydrogen) atoms. The second-order valence-corrected chi connectivity index (χ2v) is 5.48. The van der Waals surface area contributed by atoms with Crippen molar-refractivity contribution in [2.45, 2.75) is 24.8 Å². The average Bonchev–Trinajstić information content (AvgIpc) is 2.28. The van der Waals surface area contributed by atoms with Gasteiger partial charge in [-0.15, -0.1) is 11.8 Å². The highest BCUT2D eigenvalue weighted by molar-refractivity contribution is 9.10. The van der Waals surface area contributed by atoms with E-state index in [4.69, 9.17) is 5.11 Å². The van der Waals surface area contributed by atoms with Crippen molar-refractivity contribution in [2.75, 3.05) is 18.9 Å². The van der Waals surface area contributed by atoms with E-state index in [1.807, 2.05) is 0 Å². The topological polar surface area (TPSA) is 32.3 Å². The molecule has 0 saturated carbocycles. The van der Waals surface area contributed by atoms with Gasteiger partial charge in [0.2, 0.25) is 0 Å². The fraction of sp³-hybridized carbons (Fsp3) is 0.500. The maximum atomic E-state index is 8.71. The fourth-order valence-electron chi connectivity index (χ4n) is 1.28. The van der Waals surface area contributed by atoms with E-state index in [2.05, 4.69) is 46.4 Å². The van der Waals surface area contributed by atoms with E-state index in [1.54, 1.807) is 11.8 Å². The largest absolute Gasteiger partial charge is 0.396 e. The molecule has 0 bridgehead atoms. The lowest BCUT2D eigenvalue weighted by molar-refractivity contribution is 0.296. The van der Waals surface area contributed by atoms with Gasteiger partial charge in [-0.25, -0.2) is 0 Å². The van der Waals surface area contributed by atoms with Crippen LogP contribution in [0.15, 0.2) is 27.6 Å². The summed E-state index contributed by atoms with van der Waals surface area (Å²) in [5, 5.41) is 12.0. The Balaban J connectivity index is 2.53. The summed E-state index contributed by atoms with van der Waals surface area (Å²) in [4.78, 5) is 1.25. The molecule has 0 amide bonds. The molecular weight excluding hydrogens is 286 g/mol. The van der Waals surface area contributed by atoms with E-state index in [1.165, 1.54) is 10.5 Å². The molecule has 0 aliphatic heterocycles. The smallest absolute Gasteiger partial charge is 0.0439 e. The summed E-state index contributed by atoms with van der Waals surface area (Å²) in [7, 11) is 0. The second-order valence-electron chi connectivity index (χ2n) is 3.46. The molecule has 0 heterocycles. The number of hydrogen-bond acceptors (Lipinski definition) is 3. The van der Waals surface area contributed by atoms with Gasteiger partial charge in [0.1, 0.15) is 0 Å². The Hall–Kier alpha value is -0.0300. The van der Waals surface area contributed by atoms with Gasteiger partial charge in [0.05, 0.1) is 0 Å². The minimum Gasteiger partial charge on any atom is -0.396 e. The van der Waals surface area contributed by atoms with Crippen LogP contribution in [0.2, 0.25) is 0 Å². The molecule has 0 radical (unpaired) electrons. The number of aliphatic hydroxyl groups excluding tert-OH is 1. The summed E-state index contributed by atoms with van der Waals surface area (Å²) in [5.41, 5.74) is 1.29. The summed E-state index contributed by atoms with van der Waals surface area (Å²) >= 11 is 5.36. The Labute approximate surface area is 110 Å². The maximum Gasteiger partial charge on any atom is 0.0439 e. The molecule has 4 heteroatoms. The first kappa shape index (κ1) is 14.0. The zero-order valence-electron chi connectivity index (χ0n) is 9.50. The molecule has 0 unspecified atom stereocenters. The van der Waals surface area contributed by atoms with Crippen molar-refractivity contribution in [1.29, 1.82) is 0 Å². The summed E-state index contributed by atoms with van der Waals surface area (Å²) in [5.74, 6) is 0.968. The zero-order chi connectivity index (χ0) is 11.8. The summed E-state index contributed by atoms with van der Waals surface area (Å²) in [6.45, 7) is 4.26. The van der Waals surface area contributed by atoms with Gasteiger partial charge in [0, 0.05) is 28.3 Å². The molecule has 0 fully saturated rings. The van der Waals surface area contributed by atoms with Gasteiger partial charge in [-0.3, -0.25) is 0 Å². The molecule has 0 atom stereocenters. The van der Waals surface area contributed by atoms with Crippen LogP contribution in [-0.4, -0.2) is 24.0 Å². The van der Waals surface area contributed by atoms with E-state index in [0.717, 1.165) is 29.7 Å². The minimum absolute atomic E-state index is 0.271. The summed E-state index contributed by atoms with van der Waals surface area (Å²) < 4.78 is 1.16. The molecule has 0 aliphatic rings. The standard InChI is InChI=1S/C12H18BrNOS/c1-2-14-9-10-4-5-11(8-12(10)13)16-7-3-6-15/h4-5,8,14-15H,2-3,6-7,9H2,1H3. The molecule has 0 aromatic heterocycles. The predicted molar refractivity (Wildman–Crippen MR) is 73.9 cm³/mol. The van der Waals surface area contributed by atoms with Crippen LogP contribution in [0.5, 0.6) is 0 Å². The van der Waals surface area contributed by atoms with Crippen molar-refractivity contribution in [1.82, 2.24) is 5.32 Å². The number of rotatable bonds is 7. The van der Waals surface area contributed by atoms with Gasteiger partial charge in [-0.1, -0.05) is 28.9 Å². The van der Waals surface area contributed by atoms with E-state index in [-0.39, 0.29) is 6.61 Å². The van der Waals surface area contributed by atoms with Crippen molar-refractivity contribution in [3.05, 3.63) is 28.2 Å². The number of nitrogens with one attached hydrogen (secondary N) is 1. The fourth-order valence-corrected chi connectivity index (χ4v) is 2.82. The third kappa shape index (κ3) is 4.87. The monoisotopic (exact) mass is 303 g/mol. The van der Waals surface area contributed by atoms with Gasteiger partial charge in [0.15, 0.2) is 0 Å². The first-order valence-corrected chi connectivity index (χ1v) is 7.28. The number of benzene rings is 1. The number of thioether (sulfide) groups is 1. The SMILES string of the molecule is CCNCc1ccc(SCCCO)cc1Br. The van der Waals surface area contributed by atoms with E-state index < -0.39 is 0 Å². The first-order valence-electron chi connectivity index (χ1n) is 5.50. The van der Waals surface area contributed by atoms with Crippen molar-refractivity contribution >= 4 is 27.7 Å². The highest BCUT2D eigenvalue weighted by Gasteiger charge is 2.01. The predicted octanol–water partition coefficient (Wildman–Crippen LogP) is 3.03. The lowest BCUT2D eigenvalue weighted by Crippen LogP contribution is -2.11. The highest BCUT2D eigenvalue weighted by atomic mass is 79.9. The molecule has 1 rings (SSSR count). The number of hydrogen-bond donors (Lipinski definition) is 2. The van der Waals surface area contributed by atoms with Gasteiger partial charge in [0.25, 0.3) is 0 Å². The van der Waals surface area contributed by atoms with E-state index >= 15 is 0 Å². The Morgan fingerprint density at radius 1 is 1.44 bits per heavy atom. The van der Waals surface area contributed by atoms with Gasteiger partial charge in [-0.05, 0) is 30.7 Å². The third-order valence-corrected chi connectivity index (χ3v) is 3.98. The molecule has 2 N–H and O–H groups in total. The minimum atomic E-state index is 0.271. The van der Waals surface area contributed by atoms with Crippen LogP contribution in [0.4, 0.5) is 0 Å². The van der Waals surface area contributed by atoms with Crippen molar-refractivity contribution in [2.24, 2.45) is 0 Å². The summed E-state index contributed by atoms with van der Waals surface area (Å²) in [6.07, 6.45) is 0.849. The third-order valence-electron chi connectivity index (χ3n) is 2.16. The van der Waals surface area contributed by atoms with Gasteiger partial charge in [-0.2, -0.15) is 0 Å². The van der Waals surface area contributed by atoms with Gasteiger partial charge < -0.3 is 10.4 Å². The molecule has 0 spiro atoms. The molecule has 90 valence electrons. The van der Waals surface area contributed by atoms with Crippen LogP contribution in [0.1, 0.15) is 18.9 Å². The van der Waals surface area contributed by atoms with Crippen molar-refractivity contribution in [3.8, 4) is 0 Å². The molecule has 1 aromatic rings. The molecule has 1 aromatic carbocycles. The first-order chi connectivity index (χ1) is 7.77. The lowest BCUT2D eigenvalue weighted by Gasteiger charge is -2.07. The van der Waals surface area contributed by atoms with E-state index in [0.29, 0.717) is 0 Å². The Kier molecular flexibility index (Phi) is 7.12. The molecule has 0 saturated heterocycles. The zero-order valence-corrected chi connectivity index (χ0v) is 11.9. The summed E-state index contributed by atoms with van der Waals surface area (Å²) in [6, 6.07) is 6.43. The molecule has 2 nitrogen and oxygen atoms in total. The quantitative estimate of drug-likeness (QED) is 0.600. The maximum absolute atomic E-state index is 8.71. The Morgan fingerprint density at radius 3 is 2.88 bits per heavy atom. The Bertz CT molecular complexity index is 320. The molecular formula is C12H18BrNOS. The molecule has 0 aliphatic carbocycles. The number of aliphatic hydroxyl groups is 1. The highest BCUT2D eigenvalue weighted by Crippen LogP contribution is 2.25. The van der Waals surface area contributed by atoms with Crippen LogP contribution >= 0.6 is 27.7 Å². The van der Waals surface area contributed by atoms with Crippen LogP contribution in [-0.2, 0) is 6.54 Å². The second kappa shape index (κ2) is 8.12. The Morgan fingerprint density at radius 2 is 2.25 bits per heavy atom. The normalized spacial score (nSPS) is 10.7. The van der Waals surface area contributed by atoms with Gasteiger partial charge >= 0.3 is 0 Å². The van der Waals surface area contributed by atoms with Crippen LogP contribution < -0.4 is 5.32 Å². The van der Waals surface area contributed by atoms with Crippen LogP contribution in [0.25, 0.3) is 0 Å². The van der Waals surface area contributed by atoms with Crippen LogP contribution in [0, 0.1) is 0 Å². The van der Waals surface area contributed by atoms with Crippen molar-refractivity contribution < 1.29 is 5.11 Å². The number of halogens is 1. The average molecular weight is 304 g/mol. The van der Waals surface area contributed by atoms with Crippen molar-refractivity contribution in [3.63, 3.8) is 0 Å². The van der Waals surface area contributed by atoms with E-state index in [9.17, 15) is 0 Å². The van der Waals surface area contributed by atoms with Crippen LogP contribution in [0.3, 0.4) is 0 Å². The lowest BCUT2D eigenvalue weighted by atomic mass is 10.2.